The van der Waals surface area contributed by atoms with Crippen molar-refractivity contribution in [3.05, 3.63) is 59.7 Å². The minimum atomic E-state index is 0.338. The third-order valence-electron chi connectivity index (χ3n) is 5.09. The van der Waals surface area contributed by atoms with E-state index in [2.05, 4.69) is 35.4 Å². The zero-order valence-corrected chi connectivity index (χ0v) is 15.6. The van der Waals surface area contributed by atoms with Crippen molar-refractivity contribution in [3.8, 4) is 0 Å². The van der Waals surface area contributed by atoms with Crippen LogP contribution in [0.25, 0.3) is 23.1 Å². The molecule has 1 saturated carbocycles. The number of rotatable bonds is 4. The molecule has 0 saturated heterocycles. The van der Waals surface area contributed by atoms with Gasteiger partial charge in [0.05, 0.1) is 5.52 Å². The van der Waals surface area contributed by atoms with Gasteiger partial charge in [-0.2, -0.15) is 0 Å². The zero-order valence-electron chi connectivity index (χ0n) is 15.6. The second-order valence-electron chi connectivity index (χ2n) is 7.33. The first kappa shape index (κ1) is 17.6. The normalized spacial score (nSPS) is 20.2. The summed E-state index contributed by atoms with van der Waals surface area (Å²) in [4.78, 5) is 13.7. The predicted molar refractivity (Wildman–Crippen MR) is 111 cm³/mol. The highest BCUT2D eigenvalue weighted by Gasteiger charge is 2.19. The third kappa shape index (κ3) is 4.31. The summed E-state index contributed by atoms with van der Waals surface area (Å²) >= 11 is 0. The fourth-order valence-corrected chi connectivity index (χ4v) is 3.55. The molecule has 2 heterocycles. The van der Waals surface area contributed by atoms with Gasteiger partial charge in [0.15, 0.2) is 5.82 Å². The van der Waals surface area contributed by atoms with Crippen LogP contribution in [0.3, 0.4) is 0 Å². The minimum Gasteiger partial charge on any atom is -0.367 e. The van der Waals surface area contributed by atoms with E-state index in [1.807, 2.05) is 30.5 Å². The Labute approximate surface area is 159 Å². The first-order chi connectivity index (χ1) is 13.2. The third-order valence-corrected chi connectivity index (χ3v) is 5.09. The lowest BCUT2D eigenvalue weighted by atomic mass is 9.92. The molecular weight excluding hydrogens is 334 g/mol. The number of anilines is 1. The Kier molecular flexibility index (Phi) is 5.12. The zero-order chi connectivity index (χ0) is 18.6. The number of benzene rings is 1. The van der Waals surface area contributed by atoms with Crippen LogP contribution in [0, 0.1) is 6.92 Å². The van der Waals surface area contributed by atoms with Gasteiger partial charge < -0.3 is 11.1 Å². The molecule has 0 unspecified atom stereocenters. The summed E-state index contributed by atoms with van der Waals surface area (Å²) in [5.74, 6) is 1.61. The summed E-state index contributed by atoms with van der Waals surface area (Å²) in [7, 11) is 0. The number of pyridine rings is 1. The van der Waals surface area contributed by atoms with Gasteiger partial charge in [-0.1, -0.05) is 17.7 Å². The van der Waals surface area contributed by atoms with Crippen molar-refractivity contribution >= 4 is 28.9 Å². The predicted octanol–water partition coefficient (Wildman–Crippen LogP) is 4.19. The molecule has 1 aromatic carbocycles. The summed E-state index contributed by atoms with van der Waals surface area (Å²) in [6.07, 6.45) is 11.8. The van der Waals surface area contributed by atoms with Crippen LogP contribution in [0.15, 0.2) is 42.7 Å². The molecule has 2 aromatic heterocycles. The molecule has 3 N–H and O–H groups in total. The first-order valence-corrected chi connectivity index (χ1v) is 9.56. The maximum absolute atomic E-state index is 6.05. The van der Waals surface area contributed by atoms with Gasteiger partial charge in [0.25, 0.3) is 0 Å². The molecule has 3 aromatic rings. The number of fused-ring (bicyclic) bond motifs is 1. The molecule has 0 atom stereocenters. The molecule has 27 heavy (non-hydrogen) atoms. The van der Waals surface area contributed by atoms with Crippen LogP contribution in [0.2, 0.25) is 0 Å². The lowest BCUT2D eigenvalue weighted by molar-refractivity contribution is 0.410. The van der Waals surface area contributed by atoms with E-state index in [-0.39, 0.29) is 0 Å². The van der Waals surface area contributed by atoms with Gasteiger partial charge in [0.2, 0.25) is 0 Å². The molecule has 4 rings (SSSR count). The van der Waals surface area contributed by atoms with Crippen molar-refractivity contribution in [3.63, 3.8) is 0 Å². The van der Waals surface area contributed by atoms with Crippen LogP contribution < -0.4 is 11.1 Å². The van der Waals surface area contributed by atoms with Crippen LogP contribution in [-0.2, 0) is 0 Å². The Bertz CT molecular complexity index is 944. The number of hydrogen-bond acceptors (Lipinski definition) is 5. The molecule has 0 radical (unpaired) electrons. The molecular formula is C22H25N5. The summed E-state index contributed by atoms with van der Waals surface area (Å²) in [6, 6.07) is 11.0. The number of aromatic nitrogens is 3. The van der Waals surface area contributed by atoms with Gasteiger partial charge in [-0.15, -0.1) is 0 Å². The molecule has 5 nitrogen and oxygen atoms in total. The Hall–Kier alpha value is -2.79. The number of nitrogens with zero attached hydrogens (tertiary/aromatic N) is 3. The highest BCUT2D eigenvalue weighted by molar-refractivity contribution is 5.90. The van der Waals surface area contributed by atoms with Gasteiger partial charge in [-0.05, 0) is 68.5 Å². The Balaban J connectivity index is 1.67. The van der Waals surface area contributed by atoms with Crippen LogP contribution in [-0.4, -0.2) is 27.0 Å². The highest BCUT2D eigenvalue weighted by atomic mass is 15.1. The first-order valence-electron chi connectivity index (χ1n) is 9.56. The van der Waals surface area contributed by atoms with Gasteiger partial charge >= 0.3 is 0 Å². The molecule has 0 amide bonds. The lowest BCUT2D eigenvalue weighted by Gasteiger charge is -2.27. The Morgan fingerprint density at radius 2 is 1.93 bits per heavy atom. The minimum absolute atomic E-state index is 0.338. The van der Waals surface area contributed by atoms with E-state index in [4.69, 9.17) is 15.7 Å². The van der Waals surface area contributed by atoms with E-state index in [0.717, 1.165) is 48.0 Å². The Morgan fingerprint density at radius 1 is 1.07 bits per heavy atom. The smallest absolute Gasteiger partial charge is 0.154 e. The summed E-state index contributed by atoms with van der Waals surface area (Å²) in [6.45, 7) is 2.10. The summed E-state index contributed by atoms with van der Waals surface area (Å²) in [5, 5.41) is 4.73. The molecule has 0 bridgehead atoms. The monoisotopic (exact) mass is 359 g/mol. The fourth-order valence-electron chi connectivity index (χ4n) is 3.55. The van der Waals surface area contributed by atoms with E-state index in [9.17, 15) is 0 Å². The molecule has 1 aliphatic carbocycles. The van der Waals surface area contributed by atoms with Crippen LogP contribution >= 0.6 is 0 Å². The molecule has 1 fully saturated rings. The molecule has 138 valence electrons. The molecule has 0 spiro atoms. The summed E-state index contributed by atoms with van der Waals surface area (Å²) < 4.78 is 0. The largest absolute Gasteiger partial charge is 0.367 e. The maximum Gasteiger partial charge on any atom is 0.154 e. The standard InChI is InChI=1S/C22H25N5/c1-15-4-10-20-19(13-15)22(25-18-8-6-17(23)7-9-18)27-21(26-20)11-5-16-3-2-12-24-14-16/h2-5,10-14,17-18H,6-9,23H2,1H3,(H,25,26,27)/b11-5+. The van der Waals surface area contributed by atoms with Crippen LogP contribution in [0.1, 0.15) is 42.6 Å². The van der Waals surface area contributed by atoms with E-state index in [1.165, 1.54) is 5.56 Å². The van der Waals surface area contributed by atoms with Crippen molar-refractivity contribution in [1.82, 2.24) is 15.0 Å². The maximum atomic E-state index is 6.05. The fraction of sp³-hybridized carbons (Fsp3) is 0.318. The van der Waals surface area contributed by atoms with Gasteiger partial charge in [-0.3, -0.25) is 4.98 Å². The van der Waals surface area contributed by atoms with Gasteiger partial charge in [0, 0.05) is 29.9 Å². The molecule has 1 aliphatic rings. The highest BCUT2D eigenvalue weighted by Crippen LogP contribution is 2.26. The molecule has 0 aliphatic heterocycles. The van der Waals surface area contributed by atoms with Crippen molar-refractivity contribution in [2.75, 3.05) is 5.32 Å². The number of nitrogens with two attached hydrogens (primary N) is 1. The van der Waals surface area contributed by atoms with Gasteiger partial charge in [0.1, 0.15) is 5.82 Å². The van der Waals surface area contributed by atoms with Crippen LogP contribution in [0.5, 0.6) is 0 Å². The van der Waals surface area contributed by atoms with Crippen molar-refractivity contribution < 1.29 is 0 Å². The average molecular weight is 359 g/mol. The van der Waals surface area contributed by atoms with E-state index >= 15 is 0 Å². The lowest BCUT2D eigenvalue weighted by Crippen LogP contribution is -2.33. The number of hydrogen-bond donors (Lipinski definition) is 2. The SMILES string of the molecule is Cc1ccc2nc(/C=C/c3cccnc3)nc(NC3CCC(N)CC3)c2c1. The van der Waals surface area contributed by atoms with Crippen molar-refractivity contribution in [2.45, 2.75) is 44.7 Å². The Morgan fingerprint density at radius 3 is 2.70 bits per heavy atom. The second kappa shape index (κ2) is 7.84. The quantitative estimate of drug-likeness (QED) is 0.730. The number of aryl methyl sites for hydroxylation is 1. The average Bonchev–Trinajstić information content (AvgIpc) is 2.69. The topological polar surface area (TPSA) is 76.7 Å². The van der Waals surface area contributed by atoms with Crippen molar-refractivity contribution in [1.29, 1.82) is 0 Å². The van der Waals surface area contributed by atoms with Crippen molar-refractivity contribution in [2.24, 2.45) is 5.73 Å². The number of nitrogens with one attached hydrogen (secondary N) is 1. The van der Waals surface area contributed by atoms with E-state index in [1.54, 1.807) is 6.20 Å². The summed E-state index contributed by atoms with van der Waals surface area (Å²) in [5.41, 5.74) is 9.24. The second-order valence-corrected chi connectivity index (χ2v) is 7.33. The van der Waals surface area contributed by atoms with E-state index < -0.39 is 0 Å². The van der Waals surface area contributed by atoms with E-state index in [0.29, 0.717) is 17.9 Å². The van der Waals surface area contributed by atoms with Crippen LogP contribution in [0.4, 0.5) is 5.82 Å². The van der Waals surface area contributed by atoms with Gasteiger partial charge in [-0.25, -0.2) is 9.97 Å². The molecule has 5 heteroatoms.